The van der Waals surface area contributed by atoms with Gasteiger partial charge in [-0.15, -0.1) is 22.7 Å². The number of rotatable bonds is 12. The second kappa shape index (κ2) is 12.5. The van der Waals surface area contributed by atoms with Gasteiger partial charge in [0.2, 0.25) is 0 Å². The highest BCUT2D eigenvalue weighted by atomic mass is 79.9. The highest BCUT2D eigenvalue weighted by molar-refractivity contribution is 9.11. The number of halogens is 3. The fourth-order valence-electron chi connectivity index (χ4n) is 4.23. The number of unbranched alkanes of at least 4 members (excludes halogenated alkanes) is 6. The van der Waals surface area contributed by atoms with Crippen molar-refractivity contribution in [2.24, 2.45) is 0 Å². The van der Waals surface area contributed by atoms with E-state index < -0.39 is 0 Å². The van der Waals surface area contributed by atoms with Crippen LogP contribution in [0.2, 0.25) is 0 Å². The molecular weight excluding hydrogens is 615 g/mol. The van der Waals surface area contributed by atoms with Gasteiger partial charge in [-0.3, -0.25) is 0 Å². The largest absolute Gasteiger partial charge is 0.206 e. The molecular formula is C26H29Br2FN2S3. The molecule has 3 heterocycles. The maximum Gasteiger partial charge on any atom is 0.134 e. The van der Waals surface area contributed by atoms with Crippen molar-refractivity contribution >= 4 is 77.3 Å². The third kappa shape index (κ3) is 6.00. The number of thiophene rings is 2. The second-order valence-electron chi connectivity index (χ2n) is 8.68. The fourth-order valence-corrected chi connectivity index (χ4v) is 8.40. The molecule has 182 valence electrons. The van der Waals surface area contributed by atoms with Crippen molar-refractivity contribution in [1.82, 2.24) is 8.75 Å². The van der Waals surface area contributed by atoms with Gasteiger partial charge in [-0.25, -0.2) is 4.39 Å². The smallest absolute Gasteiger partial charge is 0.134 e. The predicted molar refractivity (Wildman–Crippen MR) is 155 cm³/mol. The van der Waals surface area contributed by atoms with E-state index in [0.717, 1.165) is 59.4 Å². The number of aromatic nitrogens is 2. The molecule has 4 rings (SSSR count). The Kier molecular flexibility index (Phi) is 9.73. The van der Waals surface area contributed by atoms with Crippen molar-refractivity contribution < 1.29 is 4.39 Å². The molecule has 34 heavy (non-hydrogen) atoms. The van der Waals surface area contributed by atoms with Gasteiger partial charge >= 0.3 is 0 Å². The summed E-state index contributed by atoms with van der Waals surface area (Å²) < 4.78 is 27.0. The SMILES string of the molecule is CCCCCCc1cc(-c2cc(F)c(-c3cc(CCCCCC)c(Br)s3)c3nsnc23)sc1Br. The van der Waals surface area contributed by atoms with Gasteiger partial charge in [0, 0.05) is 15.3 Å². The van der Waals surface area contributed by atoms with Crippen molar-refractivity contribution in [3.63, 3.8) is 0 Å². The van der Waals surface area contributed by atoms with Gasteiger partial charge in [0.15, 0.2) is 0 Å². The molecule has 0 saturated heterocycles. The third-order valence-corrected chi connectivity index (χ3v) is 10.6. The summed E-state index contributed by atoms with van der Waals surface area (Å²) >= 11 is 11.9. The van der Waals surface area contributed by atoms with E-state index >= 15 is 4.39 Å². The molecule has 3 aromatic heterocycles. The summed E-state index contributed by atoms with van der Waals surface area (Å²) in [6.45, 7) is 4.45. The second-order valence-corrected chi connectivity index (χ2v) is 14.0. The van der Waals surface area contributed by atoms with Crippen LogP contribution in [0.1, 0.15) is 76.3 Å². The molecule has 0 amide bonds. The van der Waals surface area contributed by atoms with Gasteiger partial charge < -0.3 is 0 Å². The standard InChI is InChI=1S/C26H29Br2FN2S3/c1-3-5-7-9-11-16-13-20(32-25(16)27)18-15-19(29)22(24-23(18)30-34-31-24)21-14-17(26(28)33-21)12-10-8-6-4-2/h13-15H,3-12H2,1-2H3. The Balaban J connectivity index is 1.64. The van der Waals surface area contributed by atoms with Crippen LogP contribution in [0.15, 0.2) is 25.8 Å². The zero-order valence-electron chi connectivity index (χ0n) is 19.6. The minimum absolute atomic E-state index is 0.226. The van der Waals surface area contributed by atoms with Gasteiger partial charge in [0.25, 0.3) is 0 Å². The quantitative estimate of drug-likeness (QED) is 0.144. The lowest BCUT2D eigenvalue weighted by Crippen LogP contribution is -1.89. The minimum Gasteiger partial charge on any atom is -0.206 e. The first-order chi connectivity index (χ1) is 16.5. The van der Waals surface area contributed by atoms with Gasteiger partial charge in [-0.1, -0.05) is 52.4 Å². The lowest BCUT2D eigenvalue weighted by molar-refractivity contribution is 0.633. The van der Waals surface area contributed by atoms with Crippen LogP contribution in [0.25, 0.3) is 31.9 Å². The number of aryl methyl sites for hydroxylation is 2. The first-order valence-electron chi connectivity index (χ1n) is 12.0. The van der Waals surface area contributed by atoms with Gasteiger partial charge in [0.1, 0.15) is 16.9 Å². The molecule has 0 N–H and O–H groups in total. The Hall–Kier alpha value is -0.670. The number of fused-ring (bicyclic) bond motifs is 1. The Morgan fingerprint density at radius 3 is 1.91 bits per heavy atom. The van der Waals surface area contributed by atoms with Crippen LogP contribution >= 0.6 is 66.3 Å². The summed E-state index contributed by atoms with van der Waals surface area (Å²) in [6.07, 6.45) is 11.9. The zero-order chi connectivity index (χ0) is 24.1. The lowest BCUT2D eigenvalue weighted by atomic mass is 10.0. The van der Waals surface area contributed by atoms with Crippen LogP contribution in [0.4, 0.5) is 4.39 Å². The van der Waals surface area contributed by atoms with Crippen LogP contribution in [-0.2, 0) is 12.8 Å². The van der Waals surface area contributed by atoms with E-state index in [1.54, 1.807) is 28.7 Å². The van der Waals surface area contributed by atoms with Crippen molar-refractivity contribution in [3.05, 3.63) is 42.7 Å². The van der Waals surface area contributed by atoms with Gasteiger partial charge in [-0.2, -0.15) is 8.75 Å². The van der Waals surface area contributed by atoms with E-state index in [0.29, 0.717) is 11.1 Å². The first-order valence-corrected chi connectivity index (χ1v) is 16.0. The summed E-state index contributed by atoms with van der Waals surface area (Å²) in [7, 11) is 0. The monoisotopic (exact) mass is 642 g/mol. The summed E-state index contributed by atoms with van der Waals surface area (Å²) in [5, 5.41) is 0. The topological polar surface area (TPSA) is 25.8 Å². The summed E-state index contributed by atoms with van der Waals surface area (Å²) in [5.41, 5.74) is 5.43. The summed E-state index contributed by atoms with van der Waals surface area (Å²) in [4.78, 5) is 1.97. The fraction of sp³-hybridized carbons (Fsp3) is 0.462. The summed E-state index contributed by atoms with van der Waals surface area (Å²) in [6, 6.07) is 5.99. The number of benzene rings is 1. The van der Waals surface area contributed by atoms with E-state index in [-0.39, 0.29) is 5.82 Å². The molecule has 0 radical (unpaired) electrons. The van der Waals surface area contributed by atoms with Gasteiger partial charge in [0.05, 0.1) is 24.9 Å². The predicted octanol–water partition coefficient (Wildman–Crippen LogP) is 11.1. The molecule has 0 aliphatic heterocycles. The minimum atomic E-state index is -0.226. The van der Waals surface area contributed by atoms with Crippen LogP contribution in [0, 0.1) is 5.82 Å². The molecule has 0 spiro atoms. The molecule has 4 aromatic rings. The Labute approximate surface area is 230 Å². The number of nitrogens with zero attached hydrogens (tertiary/aromatic N) is 2. The molecule has 0 fully saturated rings. The van der Waals surface area contributed by atoms with Crippen LogP contribution in [-0.4, -0.2) is 8.75 Å². The molecule has 0 atom stereocenters. The number of hydrogen-bond acceptors (Lipinski definition) is 5. The van der Waals surface area contributed by atoms with Crippen molar-refractivity contribution in [3.8, 4) is 20.9 Å². The molecule has 0 unspecified atom stereocenters. The number of hydrogen-bond donors (Lipinski definition) is 0. The zero-order valence-corrected chi connectivity index (χ0v) is 25.2. The van der Waals surface area contributed by atoms with Crippen molar-refractivity contribution in [2.75, 3.05) is 0 Å². The van der Waals surface area contributed by atoms with Crippen LogP contribution in [0.3, 0.4) is 0 Å². The first kappa shape index (κ1) is 26.4. The van der Waals surface area contributed by atoms with Gasteiger partial charge in [-0.05, 0) is 86.9 Å². The van der Waals surface area contributed by atoms with E-state index in [1.807, 2.05) is 0 Å². The van der Waals surface area contributed by atoms with Crippen LogP contribution in [0.5, 0.6) is 0 Å². The molecule has 8 heteroatoms. The highest BCUT2D eigenvalue weighted by Crippen LogP contribution is 2.44. The van der Waals surface area contributed by atoms with E-state index in [1.165, 1.54) is 56.1 Å². The summed E-state index contributed by atoms with van der Waals surface area (Å²) in [5.74, 6) is -0.226. The normalized spacial score (nSPS) is 11.7. The maximum atomic E-state index is 15.6. The van der Waals surface area contributed by atoms with Crippen LogP contribution < -0.4 is 0 Å². The third-order valence-electron chi connectivity index (χ3n) is 6.12. The van der Waals surface area contributed by atoms with Crippen molar-refractivity contribution in [1.29, 1.82) is 0 Å². The molecule has 0 aliphatic carbocycles. The Bertz CT molecular complexity index is 1240. The maximum absolute atomic E-state index is 15.6. The van der Waals surface area contributed by atoms with Crippen molar-refractivity contribution in [2.45, 2.75) is 78.1 Å². The molecule has 0 bridgehead atoms. The van der Waals surface area contributed by atoms with E-state index in [2.05, 4.69) is 66.6 Å². The molecule has 1 aromatic carbocycles. The average Bonchev–Trinajstić information content (AvgIpc) is 3.53. The average molecular weight is 645 g/mol. The van der Waals surface area contributed by atoms with E-state index in [9.17, 15) is 0 Å². The Morgan fingerprint density at radius 1 is 0.735 bits per heavy atom. The lowest BCUT2D eigenvalue weighted by Gasteiger charge is -2.06. The molecule has 0 aliphatic rings. The molecule has 2 nitrogen and oxygen atoms in total. The molecule has 0 saturated carbocycles. The van der Waals surface area contributed by atoms with E-state index in [4.69, 9.17) is 0 Å². The highest BCUT2D eigenvalue weighted by Gasteiger charge is 2.22. The Morgan fingerprint density at radius 2 is 1.29 bits per heavy atom.